The third-order valence-corrected chi connectivity index (χ3v) is 2.97. The number of phenols is 2. The molecule has 104 valence electrons. The minimum Gasteiger partial charge on any atom is -0.508 e. The van der Waals surface area contributed by atoms with Crippen LogP contribution in [-0.2, 0) is 0 Å². The van der Waals surface area contributed by atoms with E-state index in [4.69, 9.17) is 4.74 Å². The summed E-state index contributed by atoms with van der Waals surface area (Å²) in [6.07, 6.45) is 0. The fourth-order valence-electron chi connectivity index (χ4n) is 1.80. The summed E-state index contributed by atoms with van der Waals surface area (Å²) >= 11 is 0. The number of methoxy groups -OCH3 is 1. The number of ether oxygens (including phenoxy) is 1. The average Bonchev–Trinajstić information content (AvgIpc) is 2.47. The highest BCUT2D eigenvalue weighted by Crippen LogP contribution is 2.27. The van der Waals surface area contributed by atoms with Crippen LogP contribution in [0.4, 0.5) is 5.69 Å². The van der Waals surface area contributed by atoms with Gasteiger partial charge in [0.15, 0.2) is 11.5 Å². The molecule has 0 fully saturated rings. The Hall–Kier alpha value is -2.69. The summed E-state index contributed by atoms with van der Waals surface area (Å²) in [6, 6.07) is 10.7. The van der Waals surface area contributed by atoms with Crippen molar-refractivity contribution in [3.05, 3.63) is 48.0 Å². The lowest BCUT2D eigenvalue weighted by molar-refractivity contribution is 0.0992. The normalized spacial score (nSPS) is 10.1. The quantitative estimate of drug-likeness (QED) is 0.900. The molecule has 20 heavy (non-hydrogen) atoms. The number of nitrogens with zero attached hydrogens (tertiary/aromatic N) is 1. The molecular formula is C15H15NO4. The Morgan fingerprint density at radius 2 is 1.75 bits per heavy atom. The highest BCUT2D eigenvalue weighted by molar-refractivity contribution is 6.06. The highest BCUT2D eigenvalue weighted by Gasteiger charge is 2.15. The molecule has 0 saturated carbocycles. The predicted molar refractivity (Wildman–Crippen MR) is 75.5 cm³/mol. The fraction of sp³-hybridized carbons (Fsp3) is 0.133. The maximum absolute atomic E-state index is 12.3. The van der Waals surface area contributed by atoms with E-state index in [0.717, 1.165) is 0 Å². The maximum atomic E-state index is 12.3. The number of anilines is 1. The molecule has 0 saturated heterocycles. The van der Waals surface area contributed by atoms with Gasteiger partial charge in [0.25, 0.3) is 5.91 Å². The first-order chi connectivity index (χ1) is 9.52. The number of carbonyl (C=O) groups is 1. The van der Waals surface area contributed by atoms with Gasteiger partial charge < -0.3 is 19.8 Å². The first-order valence-corrected chi connectivity index (χ1v) is 5.97. The van der Waals surface area contributed by atoms with E-state index >= 15 is 0 Å². The lowest BCUT2D eigenvalue weighted by Crippen LogP contribution is -2.26. The Labute approximate surface area is 116 Å². The van der Waals surface area contributed by atoms with E-state index in [9.17, 15) is 15.0 Å². The van der Waals surface area contributed by atoms with Crippen LogP contribution in [0.1, 0.15) is 10.4 Å². The molecule has 0 aromatic heterocycles. The van der Waals surface area contributed by atoms with E-state index < -0.39 is 0 Å². The maximum Gasteiger partial charge on any atom is 0.258 e. The second-order valence-electron chi connectivity index (χ2n) is 4.27. The molecule has 2 aromatic carbocycles. The van der Waals surface area contributed by atoms with Gasteiger partial charge in [0, 0.05) is 18.3 Å². The first kappa shape index (κ1) is 13.7. The van der Waals surface area contributed by atoms with Crippen molar-refractivity contribution in [2.45, 2.75) is 0 Å². The summed E-state index contributed by atoms with van der Waals surface area (Å²) in [5.41, 5.74) is 1.05. The molecule has 2 rings (SSSR count). The Kier molecular flexibility index (Phi) is 3.79. The van der Waals surface area contributed by atoms with E-state index in [-0.39, 0.29) is 23.2 Å². The van der Waals surface area contributed by atoms with Crippen LogP contribution in [0.3, 0.4) is 0 Å². The number of carbonyl (C=O) groups excluding carboxylic acids is 1. The average molecular weight is 273 g/mol. The Morgan fingerprint density at radius 1 is 1.10 bits per heavy atom. The van der Waals surface area contributed by atoms with Gasteiger partial charge in [0.2, 0.25) is 0 Å². The third-order valence-electron chi connectivity index (χ3n) is 2.97. The molecular weight excluding hydrogens is 258 g/mol. The van der Waals surface area contributed by atoms with Gasteiger partial charge in [-0.15, -0.1) is 0 Å². The van der Waals surface area contributed by atoms with Crippen LogP contribution in [0, 0.1) is 0 Å². The largest absolute Gasteiger partial charge is 0.508 e. The van der Waals surface area contributed by atoms with Gasteiger partial charge in [-0.05, 0) is 42.5 Å². The first-order valence-electron chi connectivity index (χ1n) is 5.97. The van der Waals surface area contributed by atoms with Crippen LogP contribution < -0.4 is 9.64 Å². The van der Waals surface area contributed by atoms with Crippen molar-refractivity contribution in [1.82, 2.24) is 0 Å². The van der Waals surface area contributed by atoms with Crippen LogP contribution in [0.25, 0.3) is 0 Å². The summed E-state index contributed by atoms with van der Waals surface area (Å²) in [4.78, 5) is 13.8. The molecule has 0 unspecified atom stereocenters. The molecule has 0 aliphatic heterocycles. The smallest absolute Gasteiger partial charge is 0.258 e. The van der Waals surface area contributed by atoms with E-state index in [0.29, 0.717) is 11.3 Å². The monoisotopic (exact) mass is 273 g/mol. The summed E-state index contributed by atoms with van der Waals surface area (Å²) < 4.78 is 4.98. The second-order valence-corrected chi connectivity index (χ2v) is 4.27. The molecule has 0 aliphatic carbocycles. The standard InChI is InChI=1S/C15H15NO4/c1-16(11-4-6-12(17)7-5-11)15(19)10-3-8-13(18)14(9-10)20-2/h3-9,17-18H,1-2H3. The van der Waals surface area contributed by atoms with E-state index in [1.54, 1.807) is 19.2 Å². The second kappa shape index (κ2) is 5.52. The van der Waals surface area contributed by atoms with Crippen molar-refractivity contribution in [1.29, 1.82) is 0 Å². The highest BCUT2D eigenvalue weighted by atomic mass is 16.5. The molecule has 0 atom stereocenters. The lowest BCUT2D eigenvalue weighted by Gasteiger charge is -2.18. The number of phenolic OH excluding ortho intramolecular Hbond substituents is 2. The SMILES string of the molecule is COc1cc(C(=O)N(C)c2ccc(O)cc2)ccc1O. The topological polar surface area (TPSA) is 70.0 Å². The van der Waals surface area contributed by atoms with Gasteiger partial charge in [-0.25, -0.2) is 0 Å². The fourth-order valence-corrected chi connectivity index (χ4v) is 1.80. The molecule has 0 aliphatic rings. The Morgan fingerprint density at radius 3 is 2.35 bits per heavy atom. The van der Waals surface area contributed by atoms with Crippen LogP contribution in [0.15, 0.2) is 42.5 Å². The van der Waals surface area contributed by atoms with E-state index in [2.05, 4.69) is 0 Å². The van der Waals surface area contributed by atoms with Crippen LogP contribution >= 0.6 is 0 Å². The predicted octanol–water partition coefficient (Wildman–Crippen LogP) is 2.38. The molecule has 2 aromatic rings. The van der Waals surface area contributed by atoms with Gasteiger partial charge in [-0.3, -0.25) is 4.79 Å². The Bertz CT molecular complexity index is 622. The lowest BCUT2D eigenvalue weighted by atomic mass is 10.1. The van der Waals surface area contributed by atoms with Crippen molar-refractivity contribution in [3.8, 4) is 17.2 Å². The zero-order valence-corrected chi connectivity index (χ0v) is 11.2. The molecule has 0 heterocycles. The summed E-state index contributed by atoms with van der Waals surface area (Å²) in [5.74, 6) is 0.126. The number of amides is 1. The minimum atomic E-state index is -0.242. The van der Waals surface area contributed by atoms with Crippen molar-refractivity contribution >= 4 is 11.6 Å². The summed E-state index contributed by atoms with van der Waals surface area (Å²) in [5, 5.41) is 18.8. The molecule has 0 spiro atoms. The molecule has 0 bridgehead atoms. The molecule has 2 N–H and O–H groups in total. The van der Waals surface area contributed by atoms with Crippen LogP contribution in [0.2, 0.25) is 0 Å². The van der Waals surface area contributed by atoms with Crippen molar-refractivity contribution in [3.63, 3.8) is 0 Å². The Balaban J connectivity index is 2.28. The van der Waals surface area contributed by atoms with Crippen LogP contribution in [-0.4, -0.2) is 30.3 Å². The van der Waals surface area contributed by atoms with Crippen molar-refractivity contribution in [2.75, 3.05) is 19.1 Å². The molecule has 1 amide bonds. The number of rotatable bonds is 3. The van der Waals surface area contributed by atoms with E-state index in [1.807, 2.05) is 0 Å². The third kappa shape index (κ3) is 2.66. The number of benzene rings is 2. The van der Waals surface area contributed by atoms with E-state index in [1.165, 1.54) is 42.3 Å². The number of hydrogen-bond donors (Lipinski definition) is 2. The van der Waals surface area contributed by atoms with Gasteiger partial charge >= 0.3 is 0 Å². The summed E-state index contributed by atoms with van der Waals surface area (Å²) in [6.45, 7) is 0. The number of hydrogen-bond acceptors (Lipinski definition) is 4. The molecule has 5 heteroatoms. The zero-order chi connectivity index (χ0) is 14.7. The van der Waals surface area contributed by atoms with Gasteiger partial charge in [0.05, 0.1) is 7.11 Å². The minimum absolute atomic E-state index is 0.0173. The zero-order valence-electron chi connectivity index (χ0n) is 11.2. The number of aromatic hydroxyl groups is 2. The van der Waals surface area contributed by atoms with Gasteiger partial charge in [-0.2, -0.15) is 0 Å². The van der Waals surface area contributed by atoms with Crippen molar-refractivity contribution < 1.29 is 19.7 Å². The van der Waals surface area contributed by atoms with Crippen molar-refractivity contribution in [2.24, 2.45) is 0 Å². The van der Waals surface area contributed by atoms with Gasteiger partial charge in [-0.1, -0.05) is 0 Å². The molecule has 5 nitrogen and oxygen atoms in total. The van der Waals surface area contributed by atoms with Gasteiger partial charge in [0.1, 0.15) is 5.75 Å². The molecule has 0 radical (unpaired) electrons. The summed E-state index contributed by atoms with van der Waals surface area (Å²) in [7, 11) is 3.06. The van der Waals surface area contributed by atoms with Crippen LogP contribution in [0.5, 0.6) is 17.2 Å².